The van der Waals surface area contributed by atoms with Crippen molar-refractivity contribution in [1.82, 2.24) is 9.13 Å². The predicted octanol–water partition coefficient (Wildman–Crippen LogP) is 14.0. The van der Waals surface area contributed by atoms with Crippen LogP contribution in [0.1, 0.15) is 47.2 Å². The number of rotatable bonds is 2. The Morgan fingerprint density at radius 1 is 0.345 bits per heavy atom. The van der Waals surface area contributed by atoms with Crippen molar-refractivity contribution in [2.45, 2.75) is 24.7 Å². The van der Waals surface area contributed by atoms with Crippen molar-refractivity contribution in [1.29, 1.82) is 0 Å². The van der Waals surface area contributed by atoms with Crippen molar-refractivity contribution in [2.24, 2.45) is 0 Å². The Bertz CT molecular complexity index is 3560. The van der Waals surface area contributed by atoms with Gasteiger partial charge in [0.2, 0.25) is 0 Å². The maximum absolute atomic E-state index is 2.55. The summed E-state index contributed by atoms with van der Waals surface area (Å²) >= 11 is 0. The largest absolute Gasteiger partial charge is 0.309 e. The number of aromatic nitrogens is 2. The summed E-state index contributed by atoms with van der Waals surface area (Å²) in [5, 5.41) is 7.62. The van der Waals surface area contributed by atoms with Crippen LogP contribution in [0.15, 0.2) is 194 Å². The minimum Gasteiger partial charge on any atom is -0.309 e. The molecule has 0 fully saturated rings. The van der Waals surface area contributed by atoms with Gasteiger partial charge in [-0.2, -0.15) is 0 Å². The van der Waals surface area contributed by atoms with Gasteiger partial charge in [-0.1, -0.05) is 159 Å². The molecule has 0 bridgehead atoms. The predicted molar refractivity (Wildman–Crippen MR) is 242 cm³/mol. The fraction of sp³-hybridized carbons (Fsp3) is 0.0714. The minimum absolute atomic E-state index is 0.208. The van der Waals surface area contributed by atoms with E-state index in [1.165, 1.54) is 110 Å². The SMILES string of the molecule is CC1(C)c2ccccc2C2(c3ccccc3-n3c4ccccc4c4cccc2c43)c2cc(-c3ccc4c(c3)c3ccccc3n4-c3ccc4ccccc4c3)ccc21. The standard InChI is InChI=1S/C56H38N2/c1-55(2)44-19-7-8-20-46(44)56(47-21-9-12-25-53(47)58-51-24-11-5-16-40(51)42-18-13-22-48(56)54(42)58)49-34-38(27-30-45(49)55)37-28-31-52-43(33-37)41-17-6-10-23-50(41)57(52)39-29-26-35-14-3-4-15-36(35)32-39/h3-34H,1-2H3. The van der Waals surface area contributed by atoms with Crippen molar-refractivity contribution < 1.29 is 0 Å². The van der Waals surface area contributed by atoms with Crippen LogP contribution in [-0.2, 0) is 10.8 Å². The van der Waals surface area contributed by atoms with Crippen molar-refractivity contribution in [2.75, 3.05) is 0 Å². The van der Waals surface area contributed by atoms with Crippen LogP contribution in [0.25, 0.3) is 76.9 Å². The Morgan fingerprint density at radius 3 is 1.78 bits per heavy atom. The molecule has 3 heterocycles. The van der Waals surface area contributed by atoms with Crippen LogP contribution in [0.2, 0.25) is 0 Å². The molecule has 1 atom stereocenters. The molecule has 1 aliphatic heterocycles. The summed E-state index contributed by atoms with van der Waals surface area (Å²) in [5.41, 5.74) is 17.3. The van der Waals surface area contributed by atoms with Crippen LogP contribution < -0.4 is 0 Å². The van der Waals surface area contributed by atoms with Gasteiger partial charge in [-0.15, -0.1) is 0 Å². The lowest BCUT2D eigenvalue weighted by atomic mass is 9.53. The van der Waals surface area contributed by atoms with Gasteiger partial charge in [-0.25, -0.2) is 0 Å². The minimum atomic E-state index is -0.534. The maximum Gasteiger partial charge on any atom is 0.0748 e. The summed E-state index contributed by atoms with van der Waals surface area (Å²) in [6.45, 7) is 4.83. The number of hydrogen-bond acceptors (Lipinski definition) is 0. The van der Waals surface area contributed by atoms with Gasteiger partial charge in [0, 0.05) is 32.6 Å². The van der Waals surface area contributed by atoms with Crippen LogP contribution in [0.4, 0.5) is 0 Å². The first-order valence-electron chi connectivity index (χ1n) is 20.4. The molecule has 2 aromatic heterocycles. The van der Waals surface area contributed by atoms with E-state index in [4.69, 9.17) is 0 Å². The van der Waals surface area contributed by atoms with Crippen LogP contribution in [0.5, 0.6) is 0 Å². The van der Waals surface area contributed by atoms with E-state index in [1.54, 1.807) is 0 Å². The van der Waals surface area contributed by atoms with E-state index in [0.717, 1.165) is 0 Å². The van der Waals surface area contributed by atoms with Crippen molar-refractivity contribution in [3.05, 3.63) is 228 Å². The zero-order chi connectivity index (χ0) is 38.3. The van der Waals surface area contributed by atoms with Crippen molar-refractivity contribution in [3.63, 3.8) is 0 Å². The van der Waals surface area contributed by atoms with E-state index in [0.29, 0.717) is 0 Å². The van der Waals surface area contributed by atoms with Crippen LogP contribution in [0, 0.1) is 0 Å². The quantitative estimate of drug-likeness (QED) is 0.167. The third-order valence-corrected chi connectivity index (χ3v) is 13.7. The Kier molecular flexibility index (Phi) is 6.20. The number of hydrogen-bond donors (Lipinski definition) is 0. The first-order chi connectivity index (χ1) is 28.5. The molecule has 1 spiro atoms. The summed E-state index contributed by atoms with van der Waals surface area (Å²) in [4.78, 5) is 0. The molecule has 1 unspecified atom stereocenters. The van der Waals surface area contributed by atoms with Gasteiger partial charge in [0.1, 0.15) is 0 Å². The summed E-state index contributed by atoms with van der Waals surface area (Å²) in [7, 11) is 0. The molecule has 0 radical (unpaired) electrons. The molecule has 0 N–H and O–H groups in total. The summed E-state index contributed by atoms with van der Waals surface area (Å²) in [6.07, 6.45) is 0. The van der Waals surface area contributed by atoms with Gasteiger partial charge >= 0.3 is 0 Å². The second-order valence-corrected chi connectivity index (χ2v) is 16.9. The molecule has 0 amide bonds. The topological polar surface area (TPSA) is 9.86 Å². The molecule has 58 heavy (non-hydrogen) atoms. The first kappa shape index (κ1) is 32.0. The monoisotopic (exact) mass is 738 g/mol. The first-order valence-corrected chi connectivity index (χ1v) is 20.4. The molecule has 1 aliphatic carbocycles. The smallest absolute Gasteiger partial charge is 0.0748 e. The van der Waals surface area contributed by atoms with Crippen LogP contribution in [0.3, 0.4) is 0 Å². The second-order valence-electron chi connectivity index (χ2n) is 16.9. The van der Waals surface area contributed by atoms with E-state index >= 15 is 0 Å². The summed E-state index contributed by atoms with van der Waals surface area (Å²) in [5.74, 6) is 0. The molecule has 2 heteroatoms. The molecule has 2 aliphatic rings. The average molecular weight is 739 g/mol. The van der Waals surface area contributed by atoms with Crippen LogP contribution in [-0.4, -0.2) is 9.13 Å². The molecular formula is C56H38N2. The van der Waals surface area contributed by atoms with Crippen molar-refractivity contribution >= 4 is 54.4 Å². The molecule has 2 nitrogen and oxygen atoms in total. The highest BCUT2D eigenvalue weighted by molar-refractivity contribution is 6.13. The molecule has 9 aromatic carbocycles. The zero-order valence-corrected chi connectivity index (χ0v) is 32.4. The van der Waals surface area contributed by atoms with E-state index in [9.17, 15) is 0 Å². The molecule has 0 saturated carbocycles. The third kappa shape index (κ3) is 3.92. The lowest BCUT2D eigenvalue weighted by Crippen LogP contribution is -2.44. The highest BCUT2D eigenvalue weighted by atomic mass is 15.0. The Hall–Kier alpha value is -7.16. The number of nitrogens with zero attached hydrogens (tertiary/aromatic N) is 2. The lowest BCUT2D eigenvalue weighted by Gasteiger charge is -2.50. The molecule has 11 aromatic rings. The molecule has 0 saturated heterocycles. The van der Waals surface area contributed by atoms with Gasteiger partial charge in [0.15, 0.2) is 0 Å². The Labute approximate surface area is 336 Å². The van der Waals surface area contributed by atoms with Gasteiger partial charge in [-0.3, -0.25) is 0 Å². The zero-order valence-electron chi connectivity index (χ0n) is 32.4. The number of para-hydroxylation sites is 4. The lowest BCUT2D eigenvalue weighted by molar-refractivity contribution is 0.556. The molecular weight excluding hydrogens is 701 g/mol. The maximum atomic E-state index is 2.55. The number of benzene rings is 9. The number of fused-ring (bicyclic) bond motifs is 15. The fourth-order valence-corrected chi connectivity index (χ4v) is 11.3. The summed E-state index contributed by atoms with van der Waals surface area (Å²) < 4.78 is 4.96. The third-order valence-electron chi connectivity index (χ3n) is 13.7. The van der Waals surface area contributed by atoms with E-state index in [2.05, 4.69) is 217 Å². The molecule has 13 rings (SSSR count). The van der Waals surface area contributed by atoms with Gasteiger partial charge < -0.3 is 9.13 Å². The van der Waals surface area contributed by atoms with Gasteiger partial charge in [-0.05, 0) is 104 Å². The van der Waals surface area contributed by atoms with Gasteiger partial charge in [0.05, 0.1) is 33.2 Å². The van der Waals surface area contributed by atoms with E-state index in [1.807, 2.05) is 0 Å². The van der Waals surface area contributed by atoms with Gasteiger partial charge in [0.25, 0.3) is 0 Å². The highest BCUT2D eigenvalue weighted by Gasteiger charge is 2.52. The summed E-state index contributed by atoms with van der Waals surface area (Å²) in [6, 6.07) is 73.1. The van der Waals surface area contributed by atoms with E-state index in [-0.39, 0.29) is 5.41 Å². The molecule has 272 valence electrons. The Balaban J connectivity index is 1.10. The normalized spacial score (nSPS) is 16.3. The van der Waals surface area contributed by atoms with E-state index < -0.39 is 5.41 Å². The Morgan fingerprint density at radius 2 is 0.931 bits per heavy atom. The van der Waals surface area contributed by atoms with Crippen LogP contribution >= 0.6 is 0 Å². The second kappa shape index (κ2) is 11.2. The highest BCUT2D eigenvalue weighted by Crippen LogP contribution is 2.61. The average Bonchev–Trinajstić information content (AvgIpc) is 3.80. The van der Waals surface area contributed by atoms with Crippen molar-refractivity contribution in [3.8, 4) is 22.5 Å². The fourth-order valence-electron chi connectivity index (χ4n) is 11.3.